The molecule has 0 aliphatic carbocycles. The highest BCUT2D eigenvalue weighted by molar-refractivity contribution is 7.12. The Labute approximate surface area is 154 Å². The van der Waals surface area contributed by atoms with E-state index in [0.29, 0.717) is 36.6 Å². The number of nitrogens with zero attached hydrogens (tertiary/aromatic N) is 2. The first-order valence-electron chi connectivity index (χ1n) is 8.43. The molecule has 26 heavy (non-hydrogen) atoms. The maximum absolute atomic E-state index is 12.6. The summed E-state index contributed by atoms with van der Waals surface area (Å²) in [5.74, 6) is -0.223. The van der Waals surface area contributed by atoms with Crippen LogP contribution < -0.4 is 5.32 Å². The SMILES string of the molecule is O=C(NCc1ccccc1)c1n[nH]c2c1CN(C(=O)c1cccs1)CC2. The summed E-state index contributed by atoms with van der Waals surface area (Å²) in [6.07, 6.45) is 0.672. The van der Waals surface area contributed by atoms with Gasteiger partial charge >= 0.3 is 0 Å². The molecule has 0 fully saturated rings. The number of fused-ring (bicyclic) bond motifs is 1. The van der Waals surface area contributed by atoms with Gasteiger partial charge in [0, 0.05) is 30.8 Å². The minimum atomic E-state index is -0.225. The van der Waals surface area contributed by atoms with E-state index in [2.05, 4.69) is 15.5 Å². The number of carbonyl (C=O) groups is 2. The molecule has 0 bridgehead atoms. The van der Waals surface area contributed by atoms with E-state index in [1.165, 1.54) is 11.3 Å². The van der Waals surface area contributed by atoms with Gasteiger partial charge in [0.1, 0.15) is 0 Å². The van der Waals surface area contributed by atoms with Crippen molar-refractivity contribution in [2.24, 2.45) is 0 Å². The van der Waals surface area contributed by atoms with Gasteiger partial charge < -0.3 is 10.2 Å². The number of carbonyl (C=O) groups excluding carboxylic acids is 2. The van der Waals surface area contributed by atoms with Crippen molar-refractivity contribution in [1.82, 2.24) is 20.4 Å². The monoisotopic (exact) mass is 366 g/mol. The number of amides is 2. The van der Waals surface area contributed by atoms with Crippen LogP contribution in [0.25, 0.3) is 0 Å². The van der Waals surface area contributed by atoms with Crippen molar-refractivity contribution in [3.8, 4) is 0 Å². The second-order valence-corrected chi connectivity index (χ2v) is 7.10. The fourth-order valence-electron chi connectivity index (χ4n) is 3.07. The molecular weight excluding hydrogens is 348 g/mol. The van der Waals surface area contributed by atoms with E-state index in [-0.39, 0.29) is 11.8 Å². The van der Waals surface area contributed by atoms with Crippen LogP contribution in [0.3, 0.4) is 0 Å². The van der Waals surface area contributed by atoms with Crippen LogP contribution in [0.15, 0.2) is 47.8 Å². The van der Waals surface area contributed by atoms with Crippen molar-refractivity contribution in [1.29, 1.82) is 0 Å². The number of hydrogen-bond donors (Lipinski definition) is 2. The molecular formula is C19H18N4O2S. The Hall–Kier alpha value is -2.93. The zero-order valence-electron chi connectivity index (χ0n) is 14.1. The van der Waals surface area contributed by atoms with Gasteiger partial charge in [0.2, 0.25) is 0 Å². The van der Waals surface area contributed by atoms with Gasteiger partial charge in [-0.1, -0.05) is 36.4 Å². The maximum Gasteiger partial charge on any atom is 0.272 e. The molecule has 6 nitrogen and oxygen atoms in total. The highest BCUT2D eigenvalue weighted by atomic mass is 32.1. The third kappa shape index (κ3) is 3.25. The van der Waals surface area contributed by atoms with E-state index < -0.39 is 0 Å². The predicted octanol–water partition coefficient (Wildman–Crippen LogP) is 2.60. The van der Waals surface area contributed by atoms with E-state index in [9.17, 15) is 9.59 Å². The van der Waals surface area contributed by atoms with E-state index in [4.69, 9.17) is 0 Å². The summed E-state index contributed by atoms with van der Waals surface area (Å²) >= 11 is 1.43. The van der Waals surface area contributed by atoms with Crippen molar-refractivity contribution < 1.29 is 9.59 Å². The predicted molar refractivity (Wildman–Crippen MR) is 99.0 cm³/mol. The number of benzene rings is 1. The van der Waals surface area contributed by atoms with Crippen LogP contribution in [0.2, 0.25) is 0 Å². The molecule has 4 rings (SSSR count). The minimum absolute atomic E-state index is 0.00231. The van der Waals surface area contributed by atoms with Crippen molar-refractivity contribution in [3.63, 3.8) is 0 Å². The quantitative estimate of drug-likeness (QED) is 0.745. The third-order valence-electron chi connectivity index (χ3n) is 4.46. The largest absolute Gasteiger partial charge is 0.347 e. The Morgan fingerprint density at radius 2 is 2.04 bits per heavy atom. The van der Waals surface area contributed by atoms with Gasteiger partial charge in [-0.15, -0.1) is 11.3 Å². The van der Waals surface area contributed by atoms with E-state index in [1.54, 1.807) is 4.90 Å². The lowest BCUT2D eigenvalue weighted by Crippen LogP contribution is -2.36. The topological polar surface area (TPSA) is 78.1 Å². The molecule has 0 radical (unpaired) electrons. The Bertz CT molecular complexity index is 918. The molecule has 2 aromatic heterocycles. The Kier molecular flexibility index (Phi) is 4.53. The first kappa shape index (κ1) is 16.5. The summed E-state index contributed by atoms with van der Waals surface area (Å²) in [6.45, 7) is 1.47. The molecule has 2 N–H and O–H groups in total. The molecule has 2 amide bonds. The lowest BCUT2D eigenvalue weighted by molar-refractivity contribution is 0.0736. The molecule has 1 aromatic carbocycles. The zero-order valence-corrected chi connectivity index (χ0v) is 14.9. The van der Waals surface area contributed by atoms with E-state index in [1.807, 2.05) is 47.8 Å². The molecule has 3 heterocycles. The minimum Gasteiger partial charge on any atom is -0.347 e. The molecule has 0 unspecified atom stereocenters. The van der Waals surface area contributed by atoms with Crippen LogP contribution in [0, 0.1) is 0 Å². The molecule has 0 atom stereocenters. The van der Waals surface area contributed by atoms with Gasteiger partial charge in [-0.05, 0) is 17.0 Å². The number of aromatic amines is 1. The molecule has 1 aliphatic heterocycles. The highest BCUT2D eigenvalue weighted by Gasteiger charge is 2.28. The number of aromatic nitrogens is 2. The molecule has 1 aliphatic rings. The molecule has 0 saturated heterocycles. The fraction of sp³-hybridized carbons (Fsp3) is 0.211. The number of rotatable bonds is 4. The molecule has 0 saturated carbocycles. The first-order valence-corrected chi connectivity index (χ1v) is 9.31. The first-order chi connectivity index (χ1) is 12.7. The lowest BCUT2D eigenvalue weighted by atomic mass is 10.0. The number of H-pyrrole nitrogens is 1. The van der Waals surface area contributed by atoms with E-state index in [0.717, 1.165) is 16.8 Å². The highest BCUT2D eigenvalue weighted by Crippen LogP contribution is 2.23. The van der Waals surface area contributed by atoms with Crippen LogP contribution in [-0.4, -0.2) is 33.5 Å². The summed E-state index contributed by atoms with van der Waals surface area (Å²) in [5, 5.41) is 11.9. The summed E-state index contributed by atoms with van der Waals surface area (Å²) in [4.78, 5) is 27.6. The lowest BCUT2D eigenvalue weighted by Gasteiger charge is -2.26. The molecule has 132 valence electrons. The Morgan fingerprint density at radius 1 is 1.19 bits per heavy atom. The van der Waals surface area contributed by atoms with Crippen LogP contribution in [0.5, 0.6) is 0 Å². The zero-order chi connectivity index (χ0) is 17.9. The summed E-state index contributed by atoms with van der Waals surface area (Å²) in [7, 11) is 0. The van der Waals surface area contributed by atoms with Crippen LogP contribution in [-0.2, 0) is 19.5 Å². The van der Waals surface area contributed by atoms with Gasteiger partial charge in [0.05, 0.1) is 11.4 Å². The number of nitrogens with one attached hydrogen (secondary N) is 2. The van der Waals surface area contributed by atoms with Gasteiger partial charge in [-0.2, -0.15) is 5.10 Å². The summed E-state index contributed by atoms with van der Waals surface area (Å²) in [6, 6.07) is 13.4. The summed E-state index contributed by atoms with van der Waals surface area (Å²) in [5.41, 5.74) is 3.15. The molecule has 0 spiro atoms. The second kappa shape index (κ2) is 7.13. The Balaban J connectivity index is 1.48. The smallest absolute Gasteiger partial charge is 0.272 e. The van der Waals surface area contributed by atoms with Crippen molar-refractivity contribution in [3.05, 3.63) is 75.2 Å². The summed E-state index contributed by atoms with van der Waals surface area (Å²) < 4.78 is 0. The van der Waals surface area contributed by atoms with Crippen molar-refractivity contribution in [2.45, 2.75) is 19.5 Å². The normalized spacial score (nSPS) is 13.3. The third-order valence-corrected chi connectivity index (χ3v) is 5.32. The Morgan fingerprint density at radius 3 is 2.81 bits per heavy atom. The standard InChI is InChI=1S/C19H18N4O2S/c24-18(20-11-13-5-2-1-3-6-13)17-14-12-23(9-8-15(14)21-22-17)19(25)16-7-4-10-26-16/h1-7,10H,8-9,11-12H2,(H,20,24)(H,21,22). The second-order valence-electron chi connectivity index (χ2n) is 6.15. The average molecular weight is 366 g/mol. The van der Waals surface area contributed by atoms with E-state index >= 15 is 0 Å². The average Bonchev–Trinajstić information content (AvgIpc) is 3.35. The number of hydrogen-bond acceptors (Lipinski definition) is 4. The fourth-order valence-corrected chi connectivity index (χ4v) is 3.77. The number of thiophene rings is 1. The van der Waals surface area contributed by atoms with Gasteiger partial charge in [-0.3, -0.25) is 14.7 Å². The van der Waals surface area contributed by atoms with Crippen LogP contribution in [0.1, 0.15) is 37.0 Å². The molecule has 7 heteroatoms. The van der Waals surface area contributed by atoms with Gasteiger partial charge in [0.25, 0.3) is 11.8 Å². The van der Waals surface area contributed by atoms with Gasteiger partial charge in [-0.25, -0.2) is 0 Å². The van der Waals surface area contributed by atoms with Crippen molar-refractivity contribution in [2.75, 3.05) is 6.54 Å². The van der Waals surface area contributed by atoms with Crippen molar-refractivity contribution >= 4 is 23.2 Å². The molecule has 3 aromatic rings. The van der Waals surface area contributed by atoms with Crippen LogP contribution in [0.4, 0.5) is 0 Å². The maximum atomic E-state index is 12.6. The van der Waals surface area contributed by atoms with Crippen LogP contribution >= 0.6 is 11.3 Å². The van der Waals surface area contributed by atoms with Gasteiger partial charge in [0.15, 0.2) is 5.69 Å².